The monoisotopic (exact) mass is 286 g/mol. The largest absolute Gasteiger partial charge is 0.497 e. The van der Waals surface area contributed by atoms with E-state index in [1.807, 2.05) is 42.8 Å². The van der Waals surface area contributed by atoms with Crippen molar-refractivity contribution in [3.63, 3.8) is 0 Å². The van der Waals surface area contributed by atoms with E-state index in [-0.39, 0.29) is 0 Å². The van der Waals surface area contributed by atoms with Crippen LogP contribution < -0.4 is 4.74 Å². The Kier molecular flexibility index (Phi) is 4.42. The minimum absolute atomic E-state index is 0.566. The van der Waals surface area contributed by atoms with Gasteiger partial charge in [-0.3, -0.25) is 4.68 Å². The molecule has 0 aliphatic rings. The fourth-order valence-corrected chi connectivity index (χ4v) is 2.17. The molecule has 0 fully saturated rings. The molecule has 5 nitrogen and oxygen atoms in total. The van der Waals surface area contributed by atoms with E-state index in [1.165, 1.54) is 0 Å². The molecule has 0 spiro atoms. The molecule has 0 unspecified atom stereocenters. The number of aliphatic carboxylic acids is 1. The fraction of sp³-hybridized carbons (Fsp3) is 0.250. The van der Waals surface area contributed by atoms with Crippen molar-refractivity contribution >= 4 is 12.0 Å². The van der Waals surface area contributed by atoms with Crippen molar-refractivity contribution in [1.82, 2.24) is 9.78 Å². The Labute approximate surface area is 123 Å². The van der Waals surface area contributed by atoms with E-state index in [0.717, 1.165) is 34.3 Å². The zero-order valence-electron chi connectivity index (χ0n) is 12.3. The van der Waals surface area contributed by atoms with Gasteiger partial charge in [0.1, 0.15) is 5.75 Å². The lowest BCUT2D eigenvalue weighted by molar-refractivity contribution is -0.131. The molecule has 2 aromatic rings. The number of ether oxygens (including phenoxy) is 1. The van der Waals surface area contributed by atoms with Crippen LogP contribution in [-0.4, -0.2) is 28.0 Å². The molecular weight excluding hydrogens is 268 g/mol. The molecule has 2 rings (SSSR count). The Bertz CT molecular complexity index is 687. The second kappa shape index (κ2) is 6.26. The number of rotatable bonds is 5. The number of benzene rings is 1. The highest BCUT2D eigenvalue weighted by Gasteiger charge is 2.07. The third-order valence-corrected chi connectivity index (χ3v) is 3.18. The summed E-state index contributed by atoms with van der Waals surface area (Å²) in [5.41, 5.74) is 3.81. The minimum atomic E-state index is -0.970. The van der Waals surface area contributed by atoms with E-state index in [9.17, 15) is 4.79 Å². The van der Waals surface area contributed by atoms with Crippen LogP contribution in [0.1, 0.15) is 22.5 Å². The van der Waals surface area contributed by atoms with E-state index in [2.05, 4.69) is 5.10 Å². The molecule has 0 saturated carbocycles. The smallest absolute Gasteiger partial charge is 0.328 e. The first kappa shape index (κ1) is 14.8. The average molecular weight is 286 g/mol. The molecule has 0 amide bonds. The first-order valence-electron chi connectivity index (χ1n) is 6.58. The summed E-state index contributed by atoms with van der Waals surface area (Å²) >= 11 is 0. The van der Waals surface area contributed by atoms with Crippen LogP contribution in [0.4, 0.5) is 0 Å². The van der Waals surface area contributed by atoms with Crippen LogP contribution in [0.15, 0.2) is 30.3 Å². The molecule has 1 aromatic heterocycles. The molecule has 1 heterocycles. The third-order valence-electron chi connectivity index (χ3n) is 3.18. The average Bonchev–Trinajstić information content (AvgIpc) is 2.75. The predicted octanol–water partition coefficient (Wildman–Crippen LogP) is 2.65. The Balaban J connectivity index is 2.39. The van der Waals surface area contributed by atoms with Crippen molar-refractivity contribution in [1.29, 1.82) is 0 Å². The summed E-state index contributed by atoms with van der Waals surface area (Å²) in [6.45, 7) is 4.50. The lowest BCUT2D eigenvalue weighted by Crippen LogP contribution is -2.06. The van der Waals surface area contributed by atoms with E-state index in [0.29, 0.717) is 6.54 Å². The SMILES string of the molecule is COc1ccc(C=CC(=O)O)c(Cn2nc(C)cc2C)c1. The molecule has 0 bridgehead atoms. The summed E-state index contributed by atoms with van der Waals surface area (Å²) in [4.78, 5) is 10.7. The second-order valence-electron chi connectivity index (χ2n) is 4.82. The van der Waals surface area contributed by atoms with Crippen molar-refractivity contribution in [2.24, 2.45) is 0 Å². The highest BCUT2D eigenvalue weighted by molar-refractivity contribution is 5.85. The number of aryl methyl sites for hydroxylation is 2. The summed E-state index contributed by atoms with van der Waals surface area (Å²) in [7, 11) is 1.61. The Morgan fingerprint density at radius 2 is 2.14 bits per heavy atom. The summed E-state index contributed by atoms with van der Waals surface area (Å²) in [6, 6.07) is 7.57. The summed E-state index contributed by atoms with van der Waals surface area (Å²) in [5, 5.41) is 13.2. The molecule has 1 aromatic carbocycles. The summed E-state index contributed by atoms with van der Waals surface area (Å²) in [5.74, 6) is -0.234. The van der Waals surface area contributed by atoms with Crippen LogP contribution in [0.25, 0.3) is 6.08 Å². The van der Waals surface area contributed by atoms with Gasteiger partial charge in [0.2, 0.25) is 0 Å². The van der Waals surface area contributed by atoms with Crippen molar-refractivity contribution < 1.29 is 14.6 Å². The van der Waals surface area contributed by atoms with Gasteiger partial charge in [-0.25, -0.2) is 4.79 Å². The van der Waals surface area contributed by atoms with Gasteiger partial charge < -0.3 is 9.84 Å². The molecule has 110 valence electrons. The molecule has 0 aliphatic carbocycles. The number of aromatic nitrogens is 2. The lowest BCUT2D eigenvalue weighted by Gasteiger charge is -2.10. The van der Waals surface area contributed by atoms with Crippen molar-refractivity contribution in [2.45, 2.75) is 20.4 Å². The van der Waals surface area contributed by atoms with E-state index in [4.69, 9.17) is 9.84 Å². The first-order chi connectivity index (χ1) is 9.99. The van der Waals surface area contributed by atoms with Crippen LogP contribution in [0.5, 0.6) is 5.75 Å². The van der Waals surface area contributed by atoms with Gasteiger partial charge in [0, 0.05) is 11.8 Å². The van der Waals surface area contributed by atoms with Gasteiger partial charge in [0.15, 0.2) is 0 Å². The highest BCUT2D eigenvalue weighted by Crippen LogP contribution is 2.20. The van der Waals surface area contributed by atoms with Crippen molar-refractivity contribution in [3.05, 3.63) is 52.9 Å². The van der Waals surface area contributed by atoms with Crippen molar-refractivity contribution in [3.8, 4) is 5.75 Å². The zero-order chi connectivity index (χ0) is 15.4. The van der Waals surface area contributed by atoms with E-state index < -0.39 is 5.97 Å². The lowest BCUT2D eigenvalue weighted by atomic mass is 10.1. The number of carboxylic acids is 1. The molecule has 1 N–H and O–H groups in total. The standard InChI is InChI=1S/C16H18N2O3/c1-11-8-12(2)18(17-11)10-14-9-15(21-3)6-4-13(14)5-7-16(19)20/h4-9H,10H2,1-3H3,(H,19,20). The Morgan fingerprint density at radius 1 is 1.38 bits per heavy atom. The normalized spacial score (nSPS) is 11.0. The van der Waals surface area contributed by atoms with Crippen LogP contribution in [0, 0.1) is 13.8 Å². The molecule has 0 radical (unpaired) electrons. The maximum Gasteiger partial charge on any atom is 0.328 e. The first-order valence-corrected chi connectivity index (χ1v) is 6.58. The quantitative estimate of drug-likeness (QED) is 0.858. The Hall–Kier alpha value is -2.56. The second-order valence-corrected chi connectivity index (χ2v) is 4.82. The van der Waals surface area contributed by atoms with Gasteiger partial charge in [-0.1, -0.05) is 6.07 Å². The van der Waals surface area contributed by atoms with Crippen LogP contribution in [0.2, 0.25) is 0 Å². The third kappa shape index (κ3) is 3.72. The van der Waals surface area contributed by atoms with Crippen molar-refractivity contribution in [2.75, 3.05) is 7.11 Å². The molecule has 0 saturated heterocycles. The van der Waals surface area contributed by atoms with Crippen LogP contribution >= 0.6 is 0 Å². The van der Waals surface area contributed by atoms with Gasteiger partial charge in [0.25, 0.3) is 0 Å². The number of nitrogens with zero attached hydrogens (tertiary/aromatic N) is 2. The highest BCUT2D eigenvalue weighted by atomic mass is 16.5. The Morgan fingerprint density at radius 3 is 2.71 bits per heavy atom. The number of methoxy groups -OCH3 is 1. The number of hydrogen-bond donors (Lipinski definition) is 1. The molecule has 0 atom stereocenters. The fourth-order valence-electron chi connectivity index (χ4n) is 2.17. The summed E-state index contributed by atoms with van der Waals surface area (Å²) < 4.78 is 7.13. The molecular formula is C16H18N2O3. The number of carboxylic acid groups (broad SMARTS) is 1. The maximum atomic E-state index is 10.7. The van der Waals surface area contributed by atoms with Crippen LogP contribution in [0.3, 0.4) is 0 Å². The topological polar surface area (TPSA) is 64.3 Å². The number of hydrogen-bond acceptors (Lipinski definition) is 3. The van der Waals surface area contributed by atoms with Gasteiger partial charge in [-0.05, 0) is 49.2 Å². The van der Waals surface area contributed by atoms with Gasteiger partial charge in [0.05, 0.1) is 19.3 Å². The predicted molar refractivity (Wildman–Crippen MR) is 80.5 cm³/mol. The number of carbonyl (C=O) groups is 1. The summed E-state index contributed by atoms with van der Waals surface area (Å²) in [6.07, 6.45) is 2.72. The van der Waals surface area contributed by atoms with Gasteiger partial charge in [-0.2, -0.15) is 5.10 Å². The van der Waals surface area contributed by atoms with Gasteiger partial charge >= 0.3 is 5.97 Å². The maximum absolute atomic E-state index is 10.7. The van der Waals surface area contributed by atoms with Gasteiger partial charge in [-0.15, -0.1) is 0 Å². The van der Waals surface area contributed by atoms with Crippen LogP contribution in [-0.2, 0) is 11.3 Å². The van der Waals surface area contributed by atoms with E-state index in [1.54, 1.807) is 13.2 Å². The molecule has 5 heteroatoms. The molecule has 21 heavy (non-hydrogen) atoms. The van der Waals surface area contributed by atoms with E-state index >= 15 is 0 Å². The zero-order valence-corrected chi connectivity index (χ0v) is 12.3. The molecule has 0 aliphatic heterocycles. The minimum Gasteiger partial charge on any atom is -0.497 e.